The van der Waals surface area contributed by atoms with Crippen LogP contribution in [0.5, 0.6) is 11.5 Å². The lowest BCUT2D eigenvalue weighted by Crippen LogP contribution is -2.18. The molecule has 0 radical (unpaired) electrons. The Bertz CT molecular complexity index is 596. The van der Waals surface area contributed by atoms with Crippen molar-refractivity contribution < 1.29 is 22.7 Å². The summed E-state index contributed by atoms with van der Waals surface area (Å²) >= 11 is 3.30. The molecule has 1 saturated heterocycles. The highest BCUT2D eigenvalue weighted by atomic mass is 79.9. The first-order chi connectivity index (χ1) is 8.95. The van der Waals surface area contributed by atoms with Crippen LogP contribution in [0.15, 0.2) is 16.6 Å². The molecule has 1 aromatic carbocycles. The molecule has 0 spiro atoms. The van der Waals surface area contributed by atoms with Crippen LogP contribution in [0.25, 0.3) is 0 Å². The smallest absolute Gasteiger partial charge is 0.154 e. The monoisotopic (exact) mass is 348 g/mol. The molecule has 19 heavy (non-hydrogen) atoms. The van der Waals surface area contributed by atoms with Crippen LogP contribution in [-0.4, -0.2) is 39.4 Å². The van der Waals surface area contributed by atoms with Gasteiger partial charge in [0, 0.05) is 0 Å². The van der Waals surface area contributed by atoms with Crippen molar-refractivity contribution in [3.8, 4) is 11.5 Å². The number of sulfone groups is 1. The van der Waals surface area contributed by atoms with Crippen molar-refractivity contribution in [1.82, 2.24) is 0 Å². The average Bonchev–Trinajstić information content (AvgIpc) is 2.71. The van der Waals surface area contributed by atoms with Crippen molar-refractivity contribution in [2.75, 3.05) is 18.6 Å². The van der Waals surface area contributed by atoms with E-state index in [1.165, 1.54) is 7.11 Å². The topological polar surface area (TPSA) is 69.7 Å². The highest BCUT2D eigenvalue weighted by Crippen LogP contribution is 2.34. The zero-order chi connectivity index (χ0) is 14.0. The van der Waals surface area contributed by atoms with Crippen LogP contribution in [0.1, 0.15) is 16.8 Å². The van der Waals surface area contributed by atoms with E-state index < -0.39 is 15.9 Å². The second kappa shape index (κ2) is 5.50. The fraction of sp³-hybridized carbons (Fsp3) is 0.417. The summed E-state index contributed by atoms with van der Waals surface area (Å²) in [5.41, 5.74) is 0.329. The highest BCUT2D eigenvalue weighted by Gasteiger charge is 2.30. The van der Waals surface area contributed by atoms with E-state index in [9.17, 15) is 13.2 Å². The van der Waals surface area contributed by atoms with Crippen LogP contribution >= 0.6 is 15.9 Å². The van der Waals surface area contributed by atoms with Gasteiger partial charge in [-0.15, -0.1) is 0 Å². The first-order valence-corrected chi connectivity index (χ1v) is 8.26. The summed E-state index contributed by atoms with van der Waals surface area (Å²) in [6.45, 7) is 0. The van der Waals surface area contributed by atoms with Crippen LogP contribution < -0.4 is 9.47 Å². The van der Waals surface area contributed by atoms with E-state index in [0.29, 0.717) is 34.2 Å². The molecule has 5 nitrogen and oxygen atoms in total. The summed E-state index contributed by atoms with van der Waals surface area (Å²) in [5.74, 6) is 1.00. The minimum absolute atomic E-state index is 0.0102. The van der Waals surface area contributed by atoms with Gasteiger partial charge < -0.3 is 9.47 Å². The molecule has 1 aliphatic rings. The first-order valence-electron chi connectivity index (χ1n) is 5.65. The maximum absolute atomic E-state index is 11.4. The lowest BCUT2D eigenvalue weighted by molar-refractivity contribution is 0.111. The number of carbonyl (C=O) groups is 1. The Morgan fingerprint density at radius 3 is 2.68 bits per heavy atom. The first kappa shape index (κ1) is 14.3. The number of hydrogen-bond acceptors (Lipinski definition) is 5. The molecule has 104 valence electrons. The van der Waals surface area contributed by atoms with Gasteiger partial charge in [-0.1, -0.05) is 0 Å². The highest BCUT2D eigenvalue weighted by molar-refractivity contribution is 9.10. The lowest BCUT2D eigenvalue weighted by atomic mass is 10.2. The Morgan fingerprint density at radius 2 is 2.16 bits per heavy atom. The summed E-state index contributed by atoms with van der Waals surface area (Å²) in [6, 6.07) is 3.22. The number of hydrogen-bond donors (Lipinski definition) is 0. The molecule has 0 amide bonds. The van der Waals surface area contributed by atoms with Gasteiger partial charge in [0.2, 0.25) is 0 Å². The minimum atomic E-state index is -3.01. The minimum Gasteiger partial charge on any atom is -0.497 e. The molecule has 0 aliphatic carbocycles. The third kappa shape index (κ3) is 3.27. The molecule has 7 heteroatoms. The summed E-state index contributed by atoms with van der Waals surface area (Å²) in [5, 5.41) is 0. The van der Waals surface area contributed by atoms with E-state index >= 15 is 0 Å². The molecule has 0 N–H and O–H groups in total. The van der Waals surface area contributed by atoms with Crippen molar-refractivity contribution in [3.63, 3.8) is 0 Å². The summed E-state index contributed by atoms with van der Waals surface area (Å²) < 4.78 is 34.1. The van der Waals surface area contributed by atoms with E-state index in [4.69, 9.17) is 9.47 Å². The van der Waals surface area contributed by atoms with Crippen molar-refractivity contribution in [3.05, 3.63) is 22.2 Å². The van der Waals surface area contributed by atoms with Crippen molar-refractivity contribution in [2.24, 2.45) is 0 Å². The Balaban J connectivity index is 2.27. The van der Waals surface area contributed by atoms with E-state index in [-0.39, 0.29) is 11.5 Å². The second-order valence-corrected chi connectivity index (χ2v) is 7.37. The van der Waals surface area contributed by atoms with Gasteiger partial charge in [0.1, 0.15) is 17.6 Å². The Kier molecular flexibility index (Phi) is 4.15. The quantitative estimate of drug-likeness (QED) is 0.776. The molecule has 2 rings (SSSR count). The molecular formula is C12H13BrO5S. The van der Waals surface area contributed by atoms with Gasteiger partial charge in [0.25, 0.3) is 0 Å². The largest absolute Gasteiger partial charge is 0.497 e. The number of halogens is 1. The molecule has 1 fully saturated rings. The summed E-state index contributed by atoms with van der Waals surface area (Å²) in [6.07, 6.45) is 0.693. The van der Waals surface area contributed by atoms with Gasteiger partial charge in [0.15, 0.2) is 16.1 Å². The SMILES string of the molecule is COc1cc(Br)c(OC2CCS(=O)(=O)C2)c(C=O)c1. The molecule has 0 saturated carbocycles. The van der Waals surface area contributed by atoms with Crippen LogP contribution in [-0.2, 0) is 9.84 Å². The normalized spacial score (nSPS) is 21.1. The summed E-state index contributed by atoms with van der Waals surface area (Å²) in [4.78, 5) is 11.1. The van der Waals surface area contributed by atoms with Gasteiger partial charge in [-0.05, 0) is 34.5 Å². The van der Waals surface area contributed by atoms with Gasteiger partial charge >= 0.3 is 0 Å². The zero-order valence-electron chi connectivity index (χ0n) is 10.3. The van der Waals surface area contributed by atoms with Gasteiger partial charge in [-0.2, -0.15) is 0 Å². The maximum atomic E-state index is 11.4. The fourth-order valence-corrected chi connectivity index (χ4v) is 4.08. The summed E-state index contributed by atoms with van der Waals surface area (Å²) in [7, 11) is -1.51. The van der Waals surface area contributed by atoms with Gasteiger partial charge in [-0.3, -0.25) is 4.79 Å². The van der Waals surface area contributed by atoms with Gasteiger partial charge in [0.05, 0.1) is 28.7 Å². The Labute approximate surface area is 119 Å². The number of aldehydes is 1. The molecule has 1 atom stereocenters. The molecule has 1 aliphatic heterocycles. The number of benzene rings is 1. The van der Waals surface area contributed by atoms with Crippen molar-refractivity contribution >= 4 is 32.1 Å². The molecule has 1 aromatic rings. The molecule has 1 unspecified atom stereocenters. The van der Waals surface area contributed by atoms with E-state index in [1.807, 2.05) is 0 Å². The number of carbonyl (C=O) groups excluding carboxylic acids is 1. The molecule has 0 aromatic heterocycles. The van der Waals surface area contributed by atoms with E-state index in [0.717, 1.165) is 0 Å². The van der Waals surface area contributed by atoms with Gasteiger partial charge in [-0.25, -0.2) is 8.42 Å². The van der Waals surface area contributed by atoms with Crippen molar-refractivity contribution in [1.29, 1.82) is 0 Å². The van der Waals surface area contributed by atoms with Crippen LogP contribution in [0.3, 0.4) is 0 Å². The van der Waals surface area contributed by atoms with Crippen molar-refractivity contribution in [2.45, 2.75) is 12.5 Å². The fourth-order valence-electron chi connectivity index (χ4n) is 1.94. The molecular weight excluding hydrogens is 336 g/mol. The van der Waals surface area contributed by atoms with E-state index in [1.54, 1.807) is 12.1 Å². The van der Waals surface area contributed by atoms with Crippen LogP contribution in [0.2, 0.25) is 0 Å². The predicted molar refractivity (Wildman–Crippen MR) is 73.8 cm³/mol. The third-order valence-corrected chi connectivity index (χ3v) is 5.21. The lowest BCUT2D eigenvalue weighted by Gasteiger charge is -2.16. The second-order valence-electron chi connectivity index (χ2n) is 4.29. The molecule has 1 heterocycles. The molecule has 0 bridgehead atoms. The zero-order valence-corrected chi connectivity index (χ0v) is 12.7. The van der Waals surface area contributed by atoms with Crippen LogP contribution in [0, 0.1) is 0 Å². The maximum Gasteiger partial charge on any atom is 0.154 e. The Morgan fingerprint density at radius 1 is 1.42 bits per heavy atom. The number of ether oxygens (including phenoxy) is 2. The standard InChI is InChI=1S/C12H13BrO5S/c1-17-10-4-8(6-14)12(11(13)5-10)18-9-2-3-19(15,16)7-9/h4-6,9H,2-3,7H2,1H3. The number of methoxy groups -OCH3 is 1. The Hall–Kier alpha value is -1.08. The average molecular weight is 349 g/mol. The third-order valence-electron chi connectivity index (χ3n) is 2.88. The van der Waals surface area contributed by atoms with E-state index in [2.05, 4.69) is 15.9 Å². The number of rotatable bonds is 4. The van der Waals surface area contributed by atoms with Crippen LogP contribution in [0.4, 0.5) is 0 Å². The predicted octanol–water partition coefficient (Wildman–Crippen LogP) is 1.84.